The molecule has 0 saturated heterocycles. The number of thiazole rings is 1. The molecule has 1 N–H and O–H groups in total. The topological polar surface area (TPSA) is 76.5 Å². The third-order valence-corrected chi connectivity index (χ3v) is 3.20. The quantitative estimate of drug-likeness (QED) is 0.792. The van der Waals surface area contributed by atoms with Crippen LogP contribution in [0.5, 0.6) is 0 Å². The summed E-state index contributed by atoms with van der Waals surface area (Å²) in [6.07, 6.45) is 2.48. The van der Waals surface area contributed by atoms with E-state index < -0.39 is 11.9 Å². The van der Waals surface area contributed by atoms with Crippen molar-refractivity contribution < 1.29 is 19.4 Å². The van der Waals surface area contributed by atoms with Gasteiger partial charge in [-0.05, 0) is 19.8 Å². The largest absolute Gasteiger partial charge is 0.476 e. The maximum Gasteiger partial charge on any atom is 0.367 e. The van der Waals surface area contributed by atoms with Gasteiger partial charge in [-0.15, -0.1) is 11.3 Å². The molecule has 0 aliphatic rings. The van der Waals surface area contributed by atoms with Crippen molar-refractivity contribution in [3.05, 3.63) is 15.6 Å². The third-order valence-electron chi connectivity index (χ3n) is 2.11. The van der Waals surface area contributed by atoms with Gasteiger partial charge in [0.1, 0.15) is 0 Å². The summed E-state index contributed by atoms with van der Waals surface area (Å²) in [5.74, 6) is -1.65. The molecule has 0 radical (unpaired) electrons. The minimum atomic E-state index is -1.09. The number of aromatic carboxylic acids is 1. The maximum absolute atomic E-state index is 11.4. The lowest BCUT2D eigenvalue weighted by Crippen LogP contribution is -2.06. The molecule has 1 rings (SSSR count). The molecule has 1 aromatic heterocycles. The highest BCUT2D eigenvalue weighted by Crippen LogP contribution is 2.21. The Hall–Kier alpha value is -1.43. The Bertz CT molecular complexity index is 414. The number of rotatable bonds is 6. The Morgan fingerprint density at radius 3 is 2.65 bits per heavy atom. The zero-order valence-corrected chi connectivity index (χ0v) is 10.7. The molecular weight excluding hydrogens is 242 g/mol. The highest BCUT2D eigenvalue weighted by Gasteiger charge is 2.21. The van der Waals surface area contributed by atoms with Crippen LogP contribution in [0.2, 0.25) is 0 Å². The molecule has 0 fully saturated rings. The van der Waals surface area contributed by atoms with Crippen LogP contribution in [0.3, 0.4) is 0 Å². The normalized spacial score (nSPS) is 10.2. The van der Waals surface area contributed by atoms with Gasteiger partial charge in [0.25, 0.3) is 0 Å². The highest BCUT2D eigenvalue weighted by molar-refractivity contribution is 7.13. The molecule has 0 atom stereocenters. The van der Waals surface area contributed by atoms with Gasteiger partial charge in [0.05, 0.1) is 6.61 Å². The molecule has 0 aliphatic heterocycles. The van der Waals surface area contributed by atoms with Crippen molar-refractivity contribution in [3.8, 4) is 0 Å². The van der Waals surface area contributed by atoms with Crippen LogP contribution in [0, 0.1) is 0 Å². The number of esters is 1. The predicted octanol–water partition coefficient (Wildman–Crippen LogP) is 2.36. The number of aryl methyl sites for hydroxylation is 1. The van der Waals surface area contributed by atoms with E-state index in [0.29, 0.717) is 11.3 Å². The van der Waals surface area contributed by atoms with Gasteiger partial charge in [-0.25, -0.2) is 14.6 Å². The Labute approximate surface area is 103 Å². The number of carboxylic acid groups (broad SMARTS) is 1. The first-order valence-electron chi connectivity index (χ1n) is 5.50. The van der Waals surface area contributed by atoms with E-state index >= 15 is 0 Å². The minimum Gasteiger partial charge on any atom is -0.476 e. The van der Waals surface area contributed by atoms with Crippen molar-refractivity contribution in [2.24, 2.45) is 0 Å². The zero-order chi connectivity index (χ0) is 12.8. The lowest BCUT2D eigenvalue weighted by atomic mass is 10.2. The van der Waals surface area contributed by atoms with E-state index in [0.717, 1.165) is 24.2 Å². The summed E-state index contributed by atoms with van der Waals surface area (Å²) in [5, 5.41) is 9.10. The molecule has 0 bridgehead atoms. The van der Waals surface area contributed by atoms with Gasteiger partial charge >= 0.3 is 11.9 Å². The van der Waals surface area contributed by atoms with E-state index in [4.69, 9.17) is 9.84 Å². The zero-order valence-electron chi connectivity index (χ0n) is 9.86. The van der Waals surface area contributed by atoms with E-state index in [-0.39, 0.29) is 17.3 Å². The molecule has 0 unspecified atom stereocenters. The van der Waals surface area contributed by atoms with Crippen LogP contribution < -0.4 is 0 Å². The number of ether oxygens (including phenoxy) is 1. The second-order valence-electron chi connectivity index (χ2n) is 3.42. The van der Waals surface area contributed by atoms with Gasteiger partial charge in [0, 0.05) is 4.88 Å². The molecule has 94 valence electrons. The van der Waals surface area contributed by atoms with Gasteiger partial charge in [-0.1, -0.05) is 13.3 Å². The van der Waals surface area contributed by atoms with Gasteiger partial charge in [0.15, 0.2) is 5.69 Å². The minimum absolute atomic E-state index is 0.0218. The van der Waals surface area contributed by atoms with Crippen LogP contribution in [-0.2, 0) is 11.2 Å². The monoisotopic (exact) mass is 257 g/mol. The fraction of sp³-hybridized carbons (Fsp3) is 0.545. The Morgan fingerprint density at radius 1 is 1.41 bits per heavy atom. The molecule has 6 heteroatoms. The maximum atomic E-state index is 11.4. The summed E-state index contributed by atoms with van der Waals surface area (Å²) in [7, 11) is 0. The van der Waals surface area contributed by atoms with Gasteiger partial charge < -0.3 is 9.84 Å². The summed E-state index contributed by atoms with van der Waals surface area (Å²) in [6, 6.07) is 0. The van der Waals surface area contributed by atoms with Crippen molar-refractivity contribution in [1.82, 2.24) is 4.98 Å². The Morgan fingerprint density at radius 2 is 2.12 bits per heavy atom. The van der Waals surface area contributed by atoms with Gasteiger partial charge in [-0.3, -0.25) is 0 Å². The first-order chi connectivity index (χ1) is 8.10. The second kappa shape index (κ2) is 6.34. The molecule has 5 nitrogen and oxygen atoms in total. The Kier molecular flexibility index (Phi) is 5.09. The summed E-state index contributed by atoms with van der Waals surface area (Å²) in [4.78, 5) is 26.9. The van der Waals surface area contributed by atoms with Gasteiger partial charge in [0.2, 0.25) is 5.01 Å². The molecule has 1 heterocycles. The van der Waals surface area contributed by atoms with E-state index in [1.807, 2.05) is 6.92 Å². The van der Waals surface area contributed by atoms with Gasteiger partial charge in [-0.2, -0.15) is 0 Å². The Balaban J connectivity index is 2.95. The second-order valence-corrected chi connectivity index (χ2v) is 4.50. The molecule has 17 heavy (non-hydrogen) atoms. The summed E-state index contributed by atoms with van der Waals surface area (Å²) in [5.41, 5.74) is -0.0218. The SMILES string of the molecule is CCCCc1sc(C(=O)OCC)nc1C(=O)O. The van der Waals surface area contributed by atoms with Crippen molar-refractivity contribution >= 4 is 23.3 Å². The lowest BCUT2D eigenvalue weighted by Gasteiger charge is -1.95. The number of carbonyl (C=O) groups is 2. The molecular formula is C11H15NO4S. The smallest absolute Gasteiger partial charge is 0.367 e. The van der Waals surface area contributed by atoms with E-state index in [2.05, 4.69) is 4.98 Å². The van der Waals surface area contributed by atoms with Crippen LogP contribution in [0.25, 0.3) is 0 Å². The van der Waals surface area contributed by atoms with Crippen LogP contribution >= 0.6 is 11.3 Å². The van der Waals surface area contributed by atoms with Crippen LogP contribution in [0.4, 0.5) is 0 Å². The number of hydrogen-bond acceptors (Lipinski definition) is 5. The summed E-state index contributed by atoms with van der Waals surface area (Å²) in [6.45, 7) is 3.97. The molecule has 1 aromatic rings. The number of hydrogen-bond donors (Lipinski definition) is 1. The lowest BCUT2D eigenvalue weighted by molar-refractivity contribution is 0.0526. The number of unbranched alkanes of at least 4 members (excludes halogenated alkanes) is 1. The van der Waals surface area contributed by atoms with Crippen molar-refractivity contribution in [2.45, 2.75) is 33.1 Å². The first kappa shape index (κ1) is 13.6. The number of carboxylic acids is 1. The standard InChI is InChI=1S/C11H15NO4S/c1-3-5-6-7-8(10(13)14)12-9(17-7)11(15)16-4-2/h3-6H2,1-2H3,(H,13,14). The number of carbonyl (C=O) groups excluding carboxylic acids is 1. The average Bonchev–Trinajstić information content (AvgIpc) is 2.70. The number of nitrogens with zero attached hydrogens (tertiary/aromatic N) is 1. The molecule has 0 spiro atoms. The van der Waals surface area contributed by atoms with Crippen LogP contribution in [0.15, 0.2) is 0 Å². The van der Waals surface area contributed by atoms with Crippen LogP contribution in [0.1, 0.15) is 51.9 Å². The fourth-order valence-corrected chi connectivity index (χ4v) is 2.29. The molecule has 0 amide bonds. The predicted molar refractivity (Wildman–Crippen MR) is 63.6 cm³/mol. The fourth-order valence-electron chi connectivity index (χ4n) is 1.31. The molecule has 0 saturated carbocycles. The van der Waals surface area contributed by atoms with Crippen LogP contribution in [-0.4, -0.2) is 28.6 Å². The van der Waals surface area contributed by atoms with Crippen molar-refractivity contribution in [2.75, 3.05) is 6.61 Å². The summed E-state index contributed by atoms with van der Waals surface area (Å²) < 4.78 is 4.80. The van der Waals surface area contributed by atoms with Crippen molar-refractivity contribution in [1.29, 1.82) is 0 Å². The van der Waals surface area contributed by atoms with E-state index in [1.165, 1.54) is 0 Å². The third kappa shape index (κ3) is 3.52. The van der Waals surface area contributed by atoms with E-state index in [9.17, 15) is 9.59 Å². The molecule has 0 aromatic carbocycles. The van der Waals surface area contributed by atoms with Crippen molar-refractivity contribution in [3.63, 3.8) is 0 Å². The van der Waals surface area contributed by atoms with E-state index in [1.54, 1.807) is 6.92 Å². The average molecular weight is 257 g/mol. The molecule has 0 aliphatic carbocycles. The summed E-state index contributed by atoms with van der Waals surface area (Å²) >= 11 is 1.11. The number of aromatic nitrogens is 1. The first-order valence-corrected chi connectivity index (χ1v) is 6.31. The highest BCUT2D eigenvalue weighted by atomic mass is 32.1.